The van der Waals surface area contributed by atoms with Gasteiger partial charge in [-0.25, -0.2) is 9.37 Å². The highest BCUT2D eigenvalue weighted by atomic mass is 19.1. The Bertz CT molecular complexity index is 858. The van der Waals surface area contributed by atoms with Crippen molar-refractivity contribution < 1.29 is 9.13 Å². The number of nitrogens with one attached hydrogen (secondary N) is 1. The molecule has 0 aliphatic carbocycles. The number of nitrogen functional groups attached to an aromatic ring is 1. The Morgan fingerprint density at radius 3 is 2.78 bits per heavy atom. The maximum absolute atomic E-state index is 13.4. The Kier molecular flexibility index (Phi) is 3.30. The Morgan fingerprint density at radius 2 is 2.00 bits per heavy atom. The van der Waals surface area contributed by atoms with E-state index in [9.17, 15) is 4.39 Å². The molecule has 0 amide bonds. The Morgan fingerprint density at radius 1 is 1.17 bits per heavy atom. The second kappa shape index (κ2) is 5.47. The van der Waals surface area contributed by atoms with Crippen LogP contribution in [0.3, 0.4) is 0 Å². The van der Waals surface area contributed by atoms with Crippen LogP contribution in [0.1, 0.15) is 0 Å². The number of halogens is 1. The smallest absolute Gasteiger partial charge is 0.224 e. The number of aromatic nitrogens is 4. The van der Waals surface area contributed by atoms with Gasteiger partial charge in [0.25, 0.3) is 0 Å². The monoisotopic (exact) mass is 314 g/mol. The van der Waals surface area contributed by atoms with Crippen LogP contribution in [0, 0.1) is 5.82 Å². The van der Waals surface area contributed by atoms with E-state index in [1.807, 2.05) is 0 Å². The zero-order chi connectivity index (χ0) is 15.8. The minimum atomic E-state index is -0.318. The van der Waals surface area contributed by atoms with Crippen LogP contribution < -0.4 is 10.6 Å². The molecule has 2 aromatic heterocycles. The molecule has 4 rings (SSSR count). The summed E-state index contributed by atoms with van der Waals surface area (Å²) in [6.07, 6.45) is 0. The van der Waals surface area contributed by atoms with Crippen molar-refractivity contribution in [3.05, 3.63) is 30.1 Å². The standard InChI is InChI=1S/C15H15FN6O/c16-10-3-1-2-9(8-10)12-18-11-13(19-12)20-15(17)21-14(11)22-4-6-23-7-5-22/h1-3,8H,4-7H2,(H3,17,18,19,20,21). The zero-order valence-electron chi connectivity index (χ0n) is 12.3. The van der Waals surface area contributed by atoms with Gasteiger partial charge in [-0.15, -0.1) is 0 Å². The zero-order valence-corrected chi connectivity index (χ0v) is 12.3. The van der Waals surface area contributed by atoms with Crippen LogP contribution in [0.5, 0.6) is 0 Å². The molecule has 3 N–H and O–H groups in total. The van der Waals surface area contributed by atoms with E-state index in [4.69, 9.17) is 10.5 Å². The van der Waals surface area contributed by atoms with Gasteiger partial charge in [0.15, 0.2) is 11.5 Å². The third kappa shape index (κ3) is 2.57. The van der Waals surface area contributed by atoms with E-state index in [-0.39, 0.29) is 11.8 Å². The lowest BCUT2D eigenvalue weighted by Crippen LogP contribution is -2.37. The molecule has 0 bridgehead atoms. The van der Waals surface area contributed by atoms with Gasteiger partial charge in [0.05, 0.1) is 13.2 Å². The van der Waals surface area contributed by atoms with Crippen molar-refractivity contribution in [2.45, 2.75) is 0 Å². The minimum absolute atomic E-state index is 0.163. The first kappa shape index (κ1) is 13.9. The molecule has 0 unspecified atom stereocenters. The number of aromatic amines is 1. The van der Waals surface area contributed by atoms with Crippen LogP contribution in [0.2, 0.25) is 0 Å². The first-order chi connectivity index (χ1) is 11.2. The highest BCUT2D eigenvalue weighted by Crippen LogP contribution is 2.27. The second-order valence-corrected chi connectivity index (χ2v) is 5.30. The van der Waals surface area contributed by atoms with Crippen LogP contribution in [0.25, 0.3) is 22.6 Å². The molecule has 1 aliphatic rings. The summed E-state index contributed by atoms with van der Waals surface area (Å²) in [6, 6.07) is 6.23. The second-order valence-electron chi connectivity index (χ2n) is 5.30. The fraction of sp³-hybridized carbons (Fsp3) is 0.267. The van der Waals surface area contributed by atoms with E-state index in [1.54, 1.807) is 12.1 Å². The number of H-pyrrole nitrogens is 1. The third-order valence-corrected chi connectivity index (χ3v) is 3.76. The maximum atomic E-state index is 13.4. The number of hydrogen-bond acceptors (Lipinski definition) is 6. The third-order valence-electron chi connectivity index (χ3n) is 3.76. The van der Waals surface area contributed by atoms with Gasteiger partial charge < -0.3 is 20.4 Å². The van der Waals surface area contributed by atoms with Crippen molar-refractivity contribution in [1.29, 1.82) is 0 Å². The van der Waals surface area contributed by atoms with Gasteiger partial charge in [0.1, 0.15) is 17.2 Å². The van der Waals surface area contributed by atoms with Gasteiger partial charge >= 0.3 is 0 Å². The molecule has 3 aromatic rings. The van der Waals surface area contributed by atoms with E-state index in [1.165, 1.54) is 12.1 Å². The molecule has 3 heterocycles. The van der Waals surface area contributed by atoms with Gasteiger partial charge in [-0.1, -0.05) is 12.1 Å². The van der Waals surface area contributed by atoms with Crippen molar-refractivity contribution in [1.82, 2.24) is 19.9 Å². The predicted octanol–water partition coefficient (Wildman–Crippen LogP) is 1.58. The van der Waals surface area contributed by atoms with Crippen molar-refractivity contribution in [2.24, 2.45) is 0 Å². The van der Waals surface area contributed by atoms with Crippen molar-refractivity contribution >= 4 is 22.9 Å². The molecule has 7 nitrogen and oxygen atoms in total. The lowest BCUT2D eigenvalue weighted by molar-refractivity contribution is 0.122. The summed E-state index contributed by atoms with van der Waals surface area (Å²) >= 11 is 0. The molecule has 118 valence electrons. The first-order valence-corrected chi connectivity index (χ1v) is 7.32. The van der Waals surface area contributed by atoms with Crippen molar-refractivity contribution in [3.8, 4) is 11.4 Å². The number of imidazole rings is 1. The molecule has 1 saturated heterocycles. The lowest BCUT2D eigenvalue weighted by atomic mass is 10.2. The average Bonchev–Trinajstić information content (AvgIpc) is 2.99. The molecule has 0 radical (unpaired) electrons. The van der Waals surface area contributed by atoms with E-state index in [0.29, 0.717) is 41.6 Å². The summed E-state index contributed by atoms with van der Waals surface area (Å²) in [4.78, 5) is 18.2. The number of nitrogens with two attached hydrogens (primary N) is 1. The molecule has 0 saturated carbocycles. The van der Waals surface area contributed by atoms with Crippen LogP contribution >= 0.6 is 0 Å². The average molecular weight is 314 g/mol. The fourth-order valence-corrected chi connectivity index (χ4v) is 2.68. The number of hydrogen-bond donors (Lipinski definition) is 2. The molecule has 8 heteroatoms. The van der Waals surface area contributed by atoms with E-state index < -0.39 is 0 Å². The maximum Gasteiger partial charge on any atom is 0.224 e. The molecule has 0 spiro atoms. The number of nitrogens with zero attached hydrogens (tertiary/aromatic N) is 4. The van der Waals surface area contributed by atoms with Crippen LogP contribution in [0.15, 0.2) is 24.3 Å². The largest absolute Gasteiger partial charge is 0.378 e. The van der Waals surface area contributed by atoms with Crippen LogP contribution in [-0.4, -0.2) is 46.2 Å². The Hall–Kier alpha value is -2.74. The highest BCUT2D eigenvalue weighted by Gasteiger charge is 2.19. The Balaban J connectivity index is 1.84. The minimum Gasteiger partial charge on any atom is -0.378 e. The molecule has 1 aromatic carbocycles. The number of ether oxygens (including phenoxy) is 1. The van der Waals surface area contributed by atoms with Crippen LogP contribution in [-0.2, 0) is 4.74 Å². The van der Waals surface area contributed by atoms with Crippen LogP contribution in [0.4, 0.5) is 16.2 Å². The highest BCUT2D eigenvalue weighted by molar-refractivity contribution is 5.87. The molecular weight excluding hydrogens is 299 g/mol. The van der Waals surface area contributed by atoms with Crippen molar-refractivity contribution in [2.75, 3.05) is 36.9 Å². The first-order valence-electron chi connectivity index (χ1n) is 7.32. The quantitative estimate of drug-likeness (QED) is 0.746. The molecule has 0 atom stereocenters. The topological polar surface area (TPSA) is 92.9 Å². The van der Waals surface area contributed by atoms with Gasteiger partial charge in [-0.3, -0.25) is 0 Å². The van der Waals surface area contributed by atoms with Gasteiger partial charge in [0, 0.05) is 18.7 Å². The molecule has 1 aliphatic heterocycles. The van der Waals surface area contributed by atoms with E-state index in [2.05, 4.69) is 24.8 Å². The summed E-state index contributed by atoms with van der Waals surface area (Å²) in [7, 11) is 0. The summed E-state index contributed by atoms with van der Waals surface area (Å²) in [5, 5.41) is 0. The summed E-state index contributed by atoms with van der Waals surface area (Å²) < 4.78 is 18.8. The van der Waals surface area contributed by atoms with Gasteiger partial charge in [0.2, 0.25) is 5.95 Å². The van der Waals surface area contributed by atoms with Gasteiger partial charge in [-0.2, -0.15) is 9.97 Å². The predicted molar refractivity (Wildman–Crippen MR) is 84.5 cm³/mol. The number of anilines is 2. The number of fused-ring (bicyclic) bond motifs is 1. The SMILES string of the molecule is Nc1nc(N2CCOCC2)c2[nH]c(-c3cccc(F)c3)nc2n1. The molecule has 23 heavy (non-hydrogen) atoms. The number of morpholine rings is 1. The van der Waals surface area contributed by atoms with E-state index in [0.717, 1.165) is 13.1 Å². The normalized spacial score (nSPS) is 15.3. The molecular formula is C15H15FN6O. The summed E-state index contributed by atoms with van der Waals surface area (Å²) in [6.45, 7) is 2.71. The Labute approximate surface area is 131 Å². The van der Waals surface area contributed by atoms with Crippen molar-refractivity contribution in [3.63, 3.8) is 0 Å². The summed E-state index contributed by atoms with van der Waals surface area (Å²) in [5.41, 5.74) is 7.62. The lowest BCUT2D eigenvalue weighted by Gasteiger charge is -2.27. The number of rotatable bonds is 2. The van der Waals surface area contributed by atoms with Gasteiger partial charge in [-0.05, 0) is 12.1 Å². The fourth-order valence-electron chi connectivity index (χ4n) is 2.68. The number of benzene rings is 1. The van der Waals surface area contributed by atoms with E-state index >= 15 is 0 Å². The molecule has 1 fully saturated rings. The summed E-state index contributed by atoms with van der Waals surface area (Å²) in [5.74, 6) is 1.08.